The maximum absolute atomic E-state index is 12.3. The second-order valence-corrected chi connectivity index (χ2v) is 5.13. The number of furan rings is 1. The van der Waals surface area contributed by atoms with E-state index in [1.165, 1.54) is 4.68 Å². The van der Waals surface area contributed by atoms with Gasteiger partial charge in [0.05, 0.1) is 5.69 Å². The summed E-state index contributed by atoms with van der Waals surface area (Å²) >= 11 is 0. The number of hydrogen-bond donors (Lipinski definition) is 0. The van der Waals surface area contributed by atoms with Crippen LogP contribution in [0.25, 0.3) is 5.69 Å². The van der Waals surface area contributed by atoms with E-state index in [1.807, 2.05) is 44.2 Å². The number of tetrazole rings is 1. The molecule has 0 spiro atoms. The van der Waals surface area contributed by atoms with E-state index < -0.39 is 5.97 Å². The Balaban J connectivity index is 1.77. The predicted molar refractivity (Wildman–Crippen MR) is 81.2 cm³/mol. The molecule has 0 N–H and O–H groups in total. The van der Waals surface area contributed by atoms with Crippen LogP contribution in [0.2, 0.25) is 0 Å². The monoisotopic (exact) mass is 312 g/mol. The minimum atomic E-state index is -0.445. The van der Waals surface area contributed by atoms with Crippen molar-refractivity contribution in [2.45, 2.75) is 27.4 Å². The first-order valence-electron chi connectivity index (χ1n) is 7.14. The maximum Gasteiger partial charge on any atom is 0.342 e. The van der Waals surface area contributed by atoms with Crippen LogP contribution in [0.5, 0.6) is 0 Å². The highest BCUT2D eigenvalue weighted by Crippen LogP contribution is 2.22. The van der Waals surface area contributed by atoms with Gasteiger partial charge in [-0.3, -0.25) is 0 Å². The molecule has 0 fully saturated rings. The summed E-state index contributed by atoms with van der Waals surface area (Å²) < 4.78 is 12.3. The summed E-state index contributed by atoms with van der Waals surface area (Å²) in [7, 11) is 0. The van der Waals surface area contributed by atoms with Gasteiger partial charge in [0.15, 0.2) is 12.4 Å². The van der Waals surface area contributed by atoms with Crippen LogP contribution in [0.4, 0.5) is 0 Å². The number of carbonyl (C=O) groups excluding carboxylic acids is 1. The zero-order valence-electron chi connectivity index (χ0n) is 13.1. The number of esters is 1. The van der Waals surface area contributed by atoms with Crippen LogP contribution < -0.4 is 0 Å². The molecule has 7 heteroatoms. The minimum Gasteiger partial charge on any atom is -0.465 e. The molecule has 2 aromatic heterocycles. The van der Waals surface area contributed by atoms with Gasteiger partial charge in [0.25, 0.3) is 0 Å². The fourth-order valence-corrected chi connectivity index (χ4v) is 2.36. The molecule has 118 valence electrons. The SMILES string of the molecule is Cc1oc(C)c(C(=O)OCc2nnnn2-c2ccccc2)c1C. The molecule has 0 aliphatic rings. The highest BCUT2D eigenvalue weighted by molar-refractivity contribution is 5.92. The molecule has 0 unspecified atom stereocenters. The lowest BCUT2D eigenvalue weighted by molar-refractivity contribution is 0.0457. The molecule has 1 aromatic carbocycles. The van der Waals surface area contributed by atoms with E-state index in [9.17, 15) is 4.79 Å². The van der Waals surface area contributed by atoms with Crippen LogP contribution in [-0.2, 0) is 11.3 Å². The van der Waals surface area contributed by atoms with Crippen LogP contribution in [0, 0.1) is 20.8 Å². The maximum atomic E-state index is 12.3. The summed E-state index contributed by atoms with van der Waals surface area (Å²) in [5.41, 5.74) is 2.05. The number of para-hydroxylation sites is 1. The zero-order chi connectivity index (χ0) is 16.4. The molecule has 23 heavy (non-hydrogen) atoms. The van der Waals surface area contributed by atoms with E-state index in [4.69, 9.17) is 9.15 Å². The van der Waals surface area contributed by atoms with E-state index in [0.717, 1.165) is 11.3 Å². The topological polar surface area (TPSA) is 83.0 Å². The summed E-state index contributed by atoms with van der Waals surface area (Å²) in [6.07, 6.45) is 0. The zero-order valence-corrected chi connectivity index (χ0v) is 13.1. The van der Waals surface area contributed by atoms with Gasteiger partial charge in [-0.15, -0.1) is 5.10 Å². The molecule has 0 aliphatic heterocycles. The number of aromatic nitrogens is 4. The van der Waals surface area contributed by atoms with Crippen molar-refractivity contribution < 1.29 is 13.9 Å². The van der Waals surface area contributed by atoms with Crippen molar-refractivity contribution in [3.05, 3.63) is 58.8 Å². The van der Waals surface area contributed by atoms with Crippen molar-refractivity contribution in [3.63, 3.8) is 0 Å². The molecule has 0 aliphatic carbocycles. The molecule has 7 nitrogen and oxygen atoms in total. The lowest BCUT2D eigenvalue weighted by Crippen LogP contribution is -2.11. The molecule has 0 saturated heterocycles. The van der Waals surface area contributed by atoms with Crippen molar-refractivity contribution in [1.82, 2.24) is 20.2 Å². The third-order valence-electron chi connectivity index (χ3n) is 3.63. The third kappa shape index (κ3) is 2.85. The van der Waals surface area contributed by atoms with Gasteiger partial charge < -0.3 is 9.15 Å². The summed E-state index contributed by atoms with van der Waals surface area (Å²) in [4.78, 5) is 12.3. The van der Waals surface area contributed by atoms with Crippen molar-refractivity contribution in [2.24, 2.45) is 0 Å². The Kier molecular flexibility index (Phi) is 3.92. The van der Waals surface area contributed by atoms with Gasteiger partial charge in [0.2, 0.25) is 0 Å². The normalized spacial score (nSPS) is 10.7. The average Bonchev–Trinajstić information content (AvgIpc) is 3.11. The number of ether oxygens (including phenoxy) is 1. The van der Waals surface area contributed by atoms with Gasteiger partial charge in [0, 0.05) is 5.56 Å². The average molecular weight is 312 g/mol. The van der Waals surface area contributed by atoms with Crippen molar-refractivity contribution in [1.29, 1.82) is 0 Å². The number of nitrogens with zero attached hydrogens (tertiary/aromatic N) is 4. The molecule has 3 rings (SSSR count). The first kappa shape index (κ1) is 15.0. The molecular weight excluding hydrogens is 296 g/mol. The van der Waals surface area contributed by atoms with E-state index in [0.29, 0.717) is 22.9 Å². The van der Waals surface area contributed by atoms with Gasteiger partial charge in [-0.25, -0.2) is 4.79 Å². The molecule has 0 saturated carbocycles. The molecule has 0 atom stereocenters. The Bertz CT molecular complexity index is 836. The molecule has 0 bridgehead atoms. The van der Waals surface area contributed by atoms with Crippen molar-refractivity contribution >= 4 is 5.97 Å². The van der Waals surface area contributed by atoms with Crippen molar-refractivity contribution in [2.75, 3.05) is 0 Å². The Morgan fingerprint density at radius 3 is 2.57 bits per heavy atom. The van der Waals surface area contributed by atoms with Crippen LogP contribution in [0.15, 0.2) is 34.7 Å². The number of benzene rings is 1. The van der Waals surface area contributed by atoms with Gasteiger partial charge in [-0.05, 0) is 43.3 Å². The predicted octanol–water partition coefficient (Wildman–Crippen LogP) is 2.54. The summed E-state index contributed by atoms with van der Waals surface area (Å²) in [5.74, 6) is 1.26. The summed E-state index contributed by atoms with van der Waals surface area (Å²) in [6, 6.07) is 9.41. The van der Waals surface area contributed by atoms with E-state index >= 15 is 0 Å². The number of carbonyl (C=O) groups is 1. The van der Waals surface area contributed by atoms with E-state index in [1.54, 1.807) is 6.92 Å². The van der Waals surface area contributed by atoms with Crippen LogP contribution >= 0.6 is 0 Å². The lowest BCUT2D eigenvalue weighted by atomic mass is 10.1. The fraction of sp³-hybridized carbons (Fsp3) is 0.250. The highest BCUT2D eigenvalue weighted by Gasteiger charge is 2.21. The Hall–Kier alpha value is -2.96. The van der Waals surface area contributed by atoms with Crippen LogP contribution in [-0.4, -0.2) is 26.2 Å². The van der Waals surface area contributed by atoms with E-state index in [-0.39, 0.29) is 6.61 Å². The Morgan fingerprint density at radius 2 is 1.91 bits per heavy atom. The standard InChI is InChI=1S/C16H16N4O3/c1-10-11(2)23-12(3)15(10)16(21)22-9-14-17-18-19-20(14)13-7-5-4-6-8-13/h4-8H,9H2,1-3H3. The number of aryl methyl sites for hydroxylation is 2. The largest absolute Gasteiger partial charge is 0.465 e. The quantitative estimate of drug-likeness (QED) is 0.688. The second-order valence-electron chi connectivity index (χ2n) is 5.13. The van der Waals surface area contributed by atoms with Gasteiger partial charge in [-0.1, -0.05) is 18.2 Å². The smallest absolute Gasteiger partial charge is 0.342 e. The molecule has 0 radical (unpaired) electrons. The molecular formula is C16H16N4O3. The van der Waals surface area contributed by atoms with Crippen LogP contribution in [0.3, 0.4) is 0 Å². The van der Waals surface area contributed by atoms with Gasteiger partial charge >= 0.3 is 5.97 Å². The fourth-order valence-electron chi connectivity index (χ4n) is 2.36. The van der Waals surface area contributed by atoms with E-state index in [2.05, 4.69) is 15.5 Å². The number of hydrogen-bond acceptors (Lipinski definition) is 6. The minimum absolute atomic E-state index is 0.0240. The third-order valence-corrected chi connectivity index (χ3v) is 3.63. The van der Waals surface area contributed by atoms with Crippen LogP contribution in [0.1, 0.15) is 33.3 Å². The molecule has 2 heterocycles. The van der Waals surface area contributed by atoms with Gasteiger partial charge in [-0.2, -0.15) is 4.68 Å². The summed E-state index contributed by atoms with van der Waals surface area (Å²) in [6.45, 7) is 5.36. The second kappa shape index (κ2) is 6.04. The first-order chi connectivity index (χ1) is 11.1. The first-order valence-corrected chi connectivity index (χ1v) is 7.14. The summed E-state index contributed by atoms with van der Waals surface area (Å²) in [5, 5.41) is 11.5. The lowest BCUT2D eigenvalue weighted by Gasteiger charge is -2.06. The number of rotatable bonds is 4. The highest BCUT2D eigenvalue weighted by atomic mass is 16.5. The van der Waals surface area contributed by atoms with Crippen molar-refractivity contribution in [3.8, 4) is 5.69 Å². The van der Waals surface area contributed by atoms with Gasteiger partial charge in [0.1, 0.15) is 17.1 Å². The molecule has 3 aromatic rings. The Labute approximate surface area is 132 Å². The molecule has 0 amide bonds. The Morgan fingerprint density at radius 1 is 1.17 bits per heavy atom.